The highest BCUT2D eigenvalue weighted by Crippen LogP contribution is 2.22. The fraction of sp³-hybridized carbons (Fsp3) is 0.333. The average Bonchev–Trinajstić information content (AvgIpc) is 2.52. The van der Waals surface area contributed by atoms with Crippen LogP contribution in [0.15, 0.2) is 60.7 Å². The van der Waals surface area contributed by atoms with Gasteiger partial charge in [-0.1, -0.05) is 60.7 Å². The molecule has 124 valence electrons. The molecule has 0 aliphatic carbocycles. The van der Waals surface area contributed by atoms with Crippen LogP contribution in [0.25, 0.3) is 0 Å². The summed E-state index contributed by atoms with van der Waals surface area (Å²) in [5, 5.41) is 28.9. The van der Waals surface area contributed by atoms with E-state index in [2.05, 4.69) is 0 Å². The lowest BCUT2D eigenvalue weighted by Gasteiger charge is -2.43. The van der Waals surface area contributed by atoms with E-state index in [0.717, 1.165) is 11.1 Å². The molecule has 5 N–H and O–H groups in total. The molecule has 0 radical (unpaired) electrons. The lowest BCUT2D eigenvalue weighted by Crippen LogP contribution is -2.68. The van der Waals surface area contributed by atoms with Crippen LogP contribution >= 0.6 is 0 Å². The predicted octanol–water partition coefficient (Wildman–Crippen LogP) is 1.04. The third-order valence-corrected chi connectivity index (χ3v) is 4.07. The van der Waals surface area contributed by atoms with Gasteiger partial charge in [0.05, 0.1) is 0 Å². The van der Waals surface area contributed by atoms with Crippen LogP contribution in [-0.2, 0) is 13.0 Å². The van der Waals surface area contributed by atoms with Crippen molar-refractivity contribution in [1.29, 1.82) is 0 Å². The van der Waals surface area contributed by atoms with Gasteiger partial charge in [0.1, 0.15) is 5.66 Å². The van der Waals surface area contributed by atoms with Crippen molar-refractivity contribution in [2.45, 2.75) is 31.5 Å². The van der Waals surface area contributed by atoms with Crippen LogP contribution in [-0.4, -0.2) is 38.4 Å². The molecule has 0 saturated heterocycles. The zero-order chi connectivity index (χ0) is 16.9. The van der Waals surface area contributed by atoms with Crippen LogP contribution < -0.4 is 5.73 Å². The Balaban J connectivity index is 2.17. The number of nitrogens with two attached hydrogens (primary N) is 1. The molecule has 1 unspecified atom stereocenters. The van der Waals surface area contributed by atoms with E-state index in [9.17, 15) is 15.3 Å². The van der Waals surface area contributed by atoms with Gasteiger partial charge in [-0.25, -0.2) is 0 Å². The van der Waals surface area contributed by atoms with E-state index in [4.69, 9.17) is 5.73 Å². The number of benzene rings is 2. The highest BCUT2D eigenvalue weighted by molar-refractivity contribution is 5.17. The highest BCUT2D eigenvalue weighted by Gasteiger charge is 2.46. The molecule has 0 aromatic heterocycles. The molecule has 0 aliphatic rings. The first-order valence-corrected chi connectivity index (χ1v) is 7.59. The van der Waals surface area contributed by atoms with Gasteiger partial charge in [-0.3, -0.25) is 4.90 Å². The van der Waals surface area contributed by atoms with Gasteiger partial charge >= 0.3 is 5.97 Å². The van der Waals surface area contributed by atoms with E-state index in [1.54, 1.807) is 4.90 Å². The Morgan fingerprint density at radius 2 is 1.35 bits per heavy atom. The summed E-state index contributed by atoms with van der Waals surface area (Å²) in [5.74, 6) is -3.00. The van der Waals surface area contributed by atoms with Gasteiger partial charge in [-0.15, -0.1) is 0 Å². The number of nitrogens with zero attached hydrogens (tertiary/aromatic N) is 1. The summed E-state index contributed by atoms with van der Waals surface area (Å²) in [7, 11) is 0. The molecular formula is C18H24N2O3. The van der Waals surface area contributed by atoms with Crippen LogP contribution in [0.5, 0.6) is 0 Å². The topological polar surface area (TPSA) is 90.0 Å². The van der Waals surface area contributed by atoms with Crippen molar-refractivity contribution in [2.24, 2.45) is 5.73 Å². The van der Waals surface area contributed by atoms with E-state index in [1.807, 2.05) is 60.7 Å². The third kappa shape index (κ3) is 4.60. The lowest BCUT2D eigenvalue weighted by atomic mass is 10.0. The van der Waals surface area contributed by atoms with Crippen molar-refractivity contribution >= 4 is 0 Å². The van der Waals surface area contributed by atoms with Crippen molar-refractivity contribution in [1.82, 2.24) is 4.90 Å². The summed E-state index contributed by atoms with van der Waals surface area (Å²) in [6, 6.07) is 19.4. The Morgan fingerprint density at radius 3 is 1.83 bits per heavy atom. The second-order valence-corrected chi connectivity index (χ2v) is 5.93. The molecule has 0 aliphatic heterocycles. The molecule has 2 aromatic carbocycles. The standard InChI is InChI=1S/C18H24N2O3/c1-17(19,18(21,22)23)20(14-16-10-6-3-7-11-16)13-12-15-8-4-2-5-9-15/h2-11,21-23H,12-14,19H2,1H3. The maximum atomic E-state index is 9.64. The van der Waals surface area contributed by atoms with Crippen LogP contribution in [0, 0.1) is 0 Å². The molecular weight excluding hydrogens is 292 g/mol. The van der Waals surface area contributed by atoms with Crippen molar-refractivity contribution in [2.75, 3.05) is 6.54 Å². The highest BCUT2D eigenvalue weighted by atomic mass is 16.7. The van der Waals surface area contributed by atoms with E-state index < -0.39 is 11.6 Å². The van der Waals surface area contributed by atoms with Gasteiger partial charge in [-0.05, 0) is 24.5 Å². The fourth-order valence-electron chi connectivity index (χ4n) is 2.40. The van der Waals surface area contributed by atoms with Crippen molar-refractivity contribution in [3.8, 4) is 0 Å². The first-order valence-electron chi connectivity index (χ1n) is 7.59. The maximum absolute atomic E-state index is 9.64. The van der Waals surface area contributed by atoms with E-state index in [0.29, 0.717) is 19.5 Å². The zero-order valence-electron chi connectivity index (χ0n) is 13.3. The van der Waals surface area contributed by atoms with Gasteiger partial charge in [-0.2, -0.15) is 0 Å². The molecule has 2 rings (SSSR count). The van der Waals surface area contributed by atoms with Crippen molar-refractivity contribution in [3.05, 3.63) is 71.8 Å². The Morgan fingerprint density at radius 1 is 0.870 bits per heavy atom. The number of rotatable bonds is 7. The van der Waals surface area contributed by atoms with Crippen LogP contribution in [0.4, 0.5) is 0 Å². The molecule has 0 amide bonds. The smallest absolute Gasteiger partial charge is 0.308 e. The summed E-state index contributed by atoms with van der Waals surface area (Å²) in [6.45, 7) is 2.26. The Labute approximate surface area is 136 Å². The normalized spacial score (nSPS) is 14.7. The van der Waals surface area contributed by atoms with Crippen molar-refractivity contribution < 1.29 is 15.3 Å². The minimum Gasteiger partial charge on any atom is -0.341 e. The van der Waals surface area contributed by atoms with Gasteiger partial charge in [0.25, 0.3) is 0 Å². The summed E-state index contributed by atoms with van der Waals surface area (Å²) < 4.78 is 0. The van der Waals surface area contributed by atoms with Gasteiger partial charge in [0.15, 0.2) is 0 Å². The monoisotopic (exact) mass is 316 g/mol. The Kier molecular flexibility index (Phi) is 5.51. The summed E-state index contributed by atoms with van der Waals surface area (Å²) in [4.78, 5) is 1.66. The average molecular weight is 316 g/mol. The first kappa shape index (κ1) is 17.6. The van der Waals surface area contributed by atoms with Crippen LogP contribution in [0.1, 0.15) is 18.1 Å². The molecule has 0 saturated carbocycles. The minimum absolute atomic E-state index is 0.393. The van der Waals surface area contributed by atoms with Crippen LogP contribution in [0.3, 0.4) is 0 Å². The third-order valence-electron chi connectivity index (χ3n) is 4.07. The summed E-state index contributed by atoms with van der Waals surface area (Å²) >= 11 is 0. The second-order valence-electron chi connectivity index (χ2n) is 5.93. The van der Waals surface area contributed by atoms with Gasteiger partial charge in [0, 0.05) is 13.1 Å². The number of hydrogen-bond acceptors (Lipinski definition) is 5. The molecule has 0 fully saturated rings. The SMILES string of the molecule is CC(N)(N(CCc1ccccc1)Cc1ccccc1)C(O)(O)O. The lowest BCUT2D eigenvalue weighted by molar-refractivity contribution is -0.370. The quantitative estimate of drug-likeness (QED) is 0.573. The number of aliphatic hydroxyl groups is 3. The van der Waals surface area contributed by atoms with Crippen molar-refractivity contribution in [3.63, 3.8) is 0 Å². The van der Waals surface area contributed by atoms with Gasteiger partial charge in [0.2, 0.25) is 0 Å². The maximum Gasteiger partial charge on any atom is 0.308 e. The molecule has 0 heterocycles. The molecule has 5 heteroatoms. The number of hydrogen-bond donors (Lipinski definition) is 4. The van der Waals surface area contributed by atoms with Gasteiger partial charge < -0.3 is 21.1 Å². The molecule has 2 aromatic rings. The largest absolute Gasteiger partial charge is 0.341 e. The van der Waals surface area contributed by atoms with Crippen LogP contribution in [0.2, 0.25) is 0 Å². The van der Waals surface area contributed by atoms with E-state index in [-0.39, 0.29) is 0 Å². The zero-order valence-corrected chi connectivity index (χ0v) is 13.3. The summed E-state index contributed by atoms with van der Waals surface area (Å²) in [5.41, 5.74) is 6.40. The van der Waals surface area contributed by atoms with E-state index >= 15 is 0 Å². The Bertz CT molecular complexity index is 595. The van der Waals surface area contributed by atoms with E-state index in [1.165, 1.54) is 6.92 Å². The molecule has 0 bridgehead atoms. The minimum atomic E-state index is -3.00. The first-order chi connectivity index (χ1) is 10.8. The molecule has 1 atom stereocenters. The molecule has 0 spiro atoms. The fourth-order valence-corrected chi connectivity index (χ4v) is 2.40. The summed E-state index contributed by atoms with van der Waals surface area (Å²) in [6.07, 6.45) is 0.677. The second kappa shape index (κ2) is 7.21. The Hall–Kier alpha value is -1.76. The molecule has 5 nitrogen and oxygen atoms in total. The predicted molar refractivity (Wildman–Crippen MR) is 89.0 cm³/mol. The molecule has 23 heavy (non-hydrogen) atoms.